The summed E-state index contributed by atoms with van der Waals surface area (Å²) in [7, 11) is 0. The standard InChI is InChI=1S/C18H18N4O2/c1-13(11-22-12-19-15-7-3-4-8-16(15)22)18(24)21-20-10-14-6-2-5-9-17(14)23/h2-10,12-13,23H,11H2,1H3,(H,21,24). The second kappa shape index (κ2) is 6.95. The highest BCUT2D eigenvalue weighted by atomic mass is 16.3. The van der Waals surface area contributed by atoms with Crippen LogP contribution in [0.4, 0.5) is 0 Å². The van der Waals surface area contributed by atoms with E-state index in [9.17, 15) is 9.90 Å². The smallest absolute Gasteiger partial charge is 0.244 e. The third-order valence-corrected chi connectivity index (χ3v) is 3.76. The minimum absolute atomic E-state index is 0.119. The molecule has 1 heterocycles. The monoisotopic (exact) mass is 322 g/mol. The second-order valence-electron chi connectivity index (χ2n) is 5.58. The predicted octanol–water partition coefficient (Wildman–Crippen LogP) is 2.53. The van der Waals surface area contributed by atoms with E-state index in [0.29, 0.717) is 12.1 Å². The SMILES string of the molecule is CC(Cn1cnc2ccccc21)C(=O)NN=Cc1ccccc1O. The van der Waals surface area contributed by atoms with Crippen molar-refractivity contribution >= 4 is 23.2 Å². The van der Waals surface area contributed by atoms with Gasteiger partial charge in [0.15, 0.2) is 0 Å². The number of hydrogen-bond acceptors (Lipinski definition) is 4. The lowest BCUT2D eigenvalue weighted by molar-refractivity contribution is -0.124. The largest absolute Gasteiger partial charge is 0.507 e. The topological polar surface area (TPSA) is 79.5 Å². The summed E-state index contributed by atoms with van der Waals surface area (Å²) < 4.78 is 1.95. The fraction of sp³-hybridized carbons (Fsp3) is 0.167. The Morgan fingerprint density at radius 1 is 1.29 bits per heavy atom. The number of carbonyl (C=O) groups excluding carboxylic acids is 1. The third kappa shape index (κ3) is 3.43. The molecule has 1 aromatic heterocycles. The molecule has 6 heteroatoms. The molecule has 0 spiro atoms. The molecule has 0 fully saturated rings. The molecule has 122 valence electrons. The fourth-order valence-corrected chi connectivity index (χ4v) is 2.41. The molecule has 0 saturated heterocycles. The lowest BCUT2D eigenvalue weighted by Gasteiger charge is -2.11. The van der Waals surface area contributed by atoms with Crippen molar-refractivity contribution in [2.45, 2.75) is 13.5 Å². The van der Waals surface area contributed by atoms with E-state index in [1.54, 1.807) is 30.6 Å². The van der Waals surface area contributed by atoms with Crippen LogP contribution in [-0.2, 0) is 11.3 Å². The number of phenolic OH excluding ortho intramolecular Hbond substituents is 1. The van der Waals surface area contributed by atoms with Crippen molar-refractivity contribution in [2.24, 2.45) is 11.0 Å². The van der Waals surface area contributed by atoms with Gasteiger partial charge in [0, 0.05) is 12.1 Å². The molecular formula is C18H18N4O2. The molecule has 24 heavy (non-hydrogen) atoms. The van der Waals surface area contributed by atoms with Crippen LogP contribution in [0.15, 0.2) is 60.0 Å². The highest BCUT2D eigenvalue weighted by Gasteiger charge is 2.14. The van der Waals surface area contributed by atoms with Gasteiger partial charge in [-0.2, -0.15) is 5.10 Å². The number of fused-ring (bicyclic) bond motifs is 1. The Hall–Kier alpha value is -3.15. The first kappa shape index (κ1) is 15.7. The number of imidazole rings is 1. The number of para-hydroxylation sites is 3. The molecule has 0 radical (unpaired) electrons. The van der Waals surface area contributed by atoms with Crippen LogP contribution in [0.25, 0.3) is 11.0 Å². The molecule has 0 aliphatic heterocycles. The summed E-state index contributed by atoms with van der Waals surface area (Å²) >= 11 is 0. The van der Waals surface area contributed by atoms with Crippen molar-refractivity contribution in [2.75, 3.05) is 0 Å². The van der Waals surface area contributed by atoms with Crippen LogP contribution in [0.5, 0.6) is 5.75 Å². The van der Waals surface area contributed by atoms with E-state index in [4.69, 9.17) is 0 Å². The molecular weight excluding hydrogens is 304 g/mol. The number of carbonyl (C=O) groups is 1. The van der Waals surface area contributed by atoms with Crippen molar-refractivity contribution < 1.29 is 9.90 Å². The quantitative estimate of drug-likeness (QED) is 0.559. The number of benzene rings is 2. The molecule has 0 aliphatic carbocycles. The van der Waals surface area contributed by atoms with Crippen LogP contribution in [-0.4, -0.2) is 26.8 Å². The van der Waals surface area contributed by atoms with Crippen LogP contribution in [0.2, 0.25) is 0 Å². The van der Waals surface area contributed by atoms with E-state index in [1.165, 1.54) is 6.21 Å². The summed E-state index contributed by atoms with van der Waals surface area (Å²) in [6.45, 7) is 2.35. The first-order chi connectivity index (χ1) is 11.6. The number of aromatic hydroxyl groups is 1. The molecule has 0 bridgehead atoms. The number of nitrogens with zero attached hydrogens (tertiary/aromatic N) is 3. The van der Waals surface area contributed by atoms with E-state index < -0.39 is 0 Å². The number of phenols is 1. The van der Waals surface area contributed by atoms with Gasteiger partial charge in [-0.3, -0.25) is 4.79 Å². The highest BCUT2D eigenvalue weighted by molar-refractivity contribution is 5.85. The molecule has 3 aromatic rings. The number of hydrazone groups is 1. The highest BCUT2D eigenvalue weighted by Crippen LogP contribution is 2.14. The maximum Gasteiger partial charge on any atom is 0.244 e. The fourth-order valence-electron chi connectivity index (χ4n) is 2.41. The molecule has 1 amide bonds. The lowest BCUT2D eigenvalue weighted by Crippen LogP contribution is -2.27. The van der Waals surface area contributed by atoms with E-state index in [-0.39, 0.29) is 17.6 Å². The molecule has 0 aliphatic rings. The molecule has 1 unspecified atom stereocenters. The summed E-state index contributed by atoms with van der Waals surface area (Å²) in [5, 5.41) is 13.5. The maximum atomic E-state index is 12.2. The number of aromatic nitrogens is 2. The lowest BCUT2D eigenvalue weighted by atomic mass is 10.1. The van der Waals surface area contributed by atoms with Crippen molar-refractivity contribution in [1.82, 2.24) is 15.0 Å². The Balaban J connectivity index is 1.62. The van der Waals surface area contributed by atoms with Crippen LogP contribution in [0, 0.1) is 5.92 Å². The molecule has 3 rings (SSSR count). The molecule has 6 nitrogen and oxygen atoms in total. The van der Waals surface area contributed by atoms with E-state index in [0.717, 1.165) is 11.0 Å². The van der Waals surface area contributed by atoms with Gasteiger partial charge in [-0.1, -0.05) is 31.2 Å². The third-order valence-electron chi connectivity index (χ3n) is 3.76. The van der Waals surface area contributed by atoms with Crippen molar-refractivity contribution in [1.29, 1.82) is 0 Å². The molecule has 0 saturated carbocycles. The van der Waals surface area contributed by atoms with Gasteiger partial charge in [0.05, 0.1) is 29.5 Å². The average molecular weight is 322 g/mol. The number of amides is 1. The van der Waals surface area contributed by atoms with Crippen LogP contribution >= 0.6 is 0 Å². The zero-order valence-corrected chi connectivity index (χ0v) is 13.3. The van der Waals surface area contributed by atoms with Gasteiger partial charge in [-0.25, -0.2) is 10.4 Å². The van der Waals surface area contributed by atoms with Gasteiger partial charge in [0.25, 0.3) is 0 Å². The van der Waals surface area contributed by atoms with Gasteiger partial charge >= 0.3 is 0 Å². The molecule has 2 N–H and O–H groups in total. The Kier molecular flexibility index (Phi) is 4.56. The number of nitrogens with one attached hydrogen (secondary N) is 1. The Bertz CT molecular complexity index is 885. The molecule has 1 atom stereocenters. The minimum atomic E-state index is -0.274. The maximum absolute atomic E-state index is 12.2. The average Bonchev–Trinajstić information content (AvgIpc) is 2.99. The van der Waals surface area contributed by atoms with Crippen molar-refractivity contribution in [3.05, 3.63) is 60.4 Å². The van der Waals surface area contributed by atoms with Crippen molar-refractivity contribution in [3.8, 4) is 5.75 Å². The molecule has 2 aromatic carbocycles. The van der Waals surface area contributed by atoms with Crippen LogP contribution in [0.1, 0.15) is 12.5 Å². The summed E-state index contributed by atoms with van der Waals surface area (Å²) in [5.41, 5.74) is 4.95. The minimum Gasteiger partial charge on any atom is -0.507 e. The summed E-state index contributed by atoms with van der Waals surface area (Å²) in [6.07, 6.45) is 3.16. The normalized spacial score (nSPS) is 12.5. The Labute approximate surface area is 139 Å². The van der Waals surface area contributed by atoms with E-state index in [1.807, 2.05) is 35.8 Å². The predicted molar refractivity (Wildman–Crippen MR) is 92.7 cm³/mol. The van der Waals surface area contributed by atoms with Gasteiger partial charge in [-0.15, -0.1) is 0 Å². The van der Waals surface area contributed by atoms with Gasteiger partial charge in [-0.05, 0) is 24.3 Å². The Morgan fingerprint density at radius 3 is 2.88 bits per heavy atom. The zero-order chi connectivity index (χ0) is 16.9. The van der Waals surface area contributed by atoms with Crippen LogP contribution < -0.4 is 5.43 Å². The first-order valence-electron chi connectivity index (χ1n) is 7.66. The number of hydrogen-bond donors (Lipinski definition) is 2. The zero-order valence-electron chi connectivity index (χ0n) is 13.3. The first-order valence-corrected chi connectivity index (χ1v) is 7.66. The van der Waals surface area contributed by atoms with Gasteiger partial charge < -0.3 is 9.67 Å². The summed E-state index contributed by atoms with van der Waals surface area (Å²) in [6, 6.07) is 14.6. The second-order valence-corrected chi connectivity index (χ2v) is 5.58. The van der Waals surface area contributed by atoms with Crippen LogP contribution in [0.3, 0.4) is 0 Å². The van der Waals surface area contributed by atoms with Gasteiger partial charge in [0.2, 0.25) is 5.91 Å². The Morgan fingerprint density at radius 2 is 2.04 bits per heavy atom. The van der Waals surface area contributed by atoms with E-state index >= 15 is 0 Å². The number of rotatable bonds is 5. The van der Waals surface area contributed by atoms with Crippen molar-refractivity contribution in [3.63, 3.8) is 0 Å². The summed E-state index contributed by atoms with van der Waals surface area (Å²) in [4.78, 5) is 16.5. The van der Waals surface area contributed by atoms with E-state index in [2.05, 4.69) is 15.5 Å². The van der Waals surface area contributed by atoms with Gasteiger partial charge in [0.1, 0.15) is 5.75 Å². The summed E-state index contributed by atoms with van der Waals surface area (Å²) in [5.74, 6) is -0.350.